The van der Waals surface area contributed by atoms with Crippen molar-refractivity contribution in [3.05, 3.63) is 242 Å². The van der Waals surface area contributed by atoms with E-state index in [4.69, 9.17) is 0 Å². The molecule has 1 heterocycles. The quantitative estimate of drug-likeness (QED) is 0.140. The molecule has 4 aliphatic carbocycles. The van der Waals surface area contributed by atoms with Gasteiger partial charge in [0.25, 0.3) is 0 Å². The third kappa shape index (κ3) is 6.99. The second-order valence-corrected chi connectivity index (χ2v) is 20.7. The van der Waals surface area contributed by atoms with Crippen molar-refractivity contribution in [1.29, 1.82) is 0 Å². The number of fused-ring (bicyclic) bond motifs is 4. The molecular formula is C68H54N2. The fourth-order valence-corrected chi connectivity index (χ4v) is 13.8. The number of benzene rings is 10. The predicted molar refractivity (Wildman–Crippen MR) is 295 cm³/mol. The Hall–Kier alpha value is -7.94. The highest BCUT2D eigenvalue weighted by atomic mass is 15.1. The van der Waals surface area contributed by atoms with Gasteiger partial charge < -0.3 is 9.47 Å². The van der Waals surface area contributed by atoms with E-state index in [1.807, 2.05) is 0 Å². The van der Waals surface area contributed by atoms with Crippen molar-refractivity contribution >= 4 is 49.6 Å². The summed E-state index contributed by atoms with van der Waals surface area (Å²) in [6.07, 6.45) is 8.63. The topological polar surface area (TPSA) is 8.17 Å². The maximum Gasteiger partial charge on any atom is 0.0541 e. The SMILES string of the molecule is c1ccc(-c2cccc3cccc(-c4ccc(N(c5ccc(-c6ccc(C78CC9CC(CC(C9)C7)C8)cc6)cc5)c5cccc(-c6ccc(-n7c8ccccc8c8ccccc87)cc6)c5)cc4)c23)cc1. The molecule has 0 atom stereocenters. The average Bonchev–Trinajstić information content (AvgIpc) is 3.75. The Kier molecular flexibility index (Phi) is 9.76. The predicted octanol–water partition coefficient (Wildman–Crippen LogP) is 18.5. The summed E-state index contributed by atoms with van der Waals surface area (Å²) < 4.78 is 2.39. The van der Waals surface area contributed by atoms with Gasteiger partial charge in [0.1, 0.15) is 0 Å². The zero-order chi connectivity index (χ0) is 46.2. The molecule has 15 rings (SSSR count). The number of hydrogen-bond acceptors (Lipinski definition) is 1. The Morgan fingerprint density at radius 2 is 0.814 bits per heavy atom. The number of para-hydroxylation sites is 2. The zero-order valence-corrected chi connectivity index (χ0v) is 39.4. The average molecular weight is 899 g/mol. The second kappa shape index (κ2) is 16.6. The standard InChI is InChI=1S/C68H54N2/c1-2-11-52(12-3-1)61-19-9-13-54-14-10-20-62(67(54)61)53-29-37-58(38-30-53)69(57-33-25-50(26-34-57)49-23-31-56(32-24-49)68-43-46-39-47(44-68)41-48(40-46)45-68)60-16-8-15-55(42-60)51-27-35-59(36-28-51)70-65-21-6-4-17-63(65)64-18-5-7-22-66(64)70/h1-38,42,46-48H,39-41,43-45H2. The lowest BCUT2D eigenvalue weighted by Crippen LogP contribution is -2.48. The van der Waals surface area contributed by atoms with Gasteiger partial charge in [0, 0.05) is 33.5 Å². The minimum absolute atomic E-state index is 0.411. The van der Waals surface area contributed by atoms with E-state index in [1.54, 1.807) is 5.56 Å². The monoisotopic (exact) mass is 898 g/mol. The van der Waals surface area contributed by atoms with Crippen molar-refractivity contribution in [2.75, 3.05) is 4.90 Å². The molecule has 11 aromatic rings. The van der Waals surface area contributed by atoms with Crippen molar-refractivity contribution in [2.24, 2.45) is 17.8 Å². The lowest BCUT2D eigenvalue weighted by molar-refractivity contribution is -0.00518. The van der Waals surface area contributed by atoms with Gasteiger partial charge >= 0.3 is 0 Å². The largest absolute Gasteiger partial charge is 0.310 e. The van der Waals surface area contributed by atoms with Crippen LogP contribution in [0.4, 0.5) is 17.1 Å². The van der Waals surface area contributed by atoms with Crippen LogP contribution in [-0.4, -0.2) is 4.57 Å². The Morgan fingerprint density at radius 1 is 0.357 bits per heavy atom. The fraction of sp³-hybridized carbons (Fsp3) is 0.147. The van der Waals surface area contributed by atoms with Gasteiger partial charge in [-0.2, -0.15) is 0 Å². The fourth-order valence-electron chi connectivity index (χ4n) is 13.8. The number of anilines is 3. The molecule has 0 saturated heterocycles. The van der Waals surface area contributed by atoms with Crippen molar-refractivity contribution in [2.45, 2.75) is 43.9 Å². The first-order valence-electron chi connectivity index (χ1n) is 25.5. The minimum Gasteiger partial charge on any atom is -0.310 e. The molecule has 0 N–H and O–H groups in total. The van der Waals surface area contributed by atoms with Crippen LogP contribution < -0.4 is 4.90 Å². The first kappa shape index (κ1) is 41.1. The molecule has 0 spiro atoms. The third-order valence-electron chi connectivity index (χ3n) is 16.6. The molecule has 4 fully saturated rings. The van der Waals surface area contributed by atoms with Crippen molar-refractivity contribution in [3.63, 3.8) is 0 Å². The summed E-state index contributed by atoms with van der Waals surface area (Å²) in [5.74, 6) is 2.84. The van der Waals surface area contributed by atoms with Gasteiger partial charge in [-0.15, -0.1) is 0 Å². The molecule has 336 valence electrons. The number of nitrogens with zero attached hydrogens (tertiary/aromatic N) is 2. The van der Waals surface area contributed by atoms with Gasteiger partial charge in [-0.3, -0.25) is 0 Å². The van der Waals surface area contributed by atoms with Crippen LogP contribution in [0.5, 0.6) is 0 Å². The molecule has 2 nitrogen and oxygen atoms in total. The van der Waals surface area contributed by atoms with E-state index in [0.717, 1.165) is 40.5 Å². The van der Waals surface area contributed by atoms with Crippen LogP contribution in [0.15, 0.2) is 237 Å². The van der Waals surface area contributed by atoms with Gasteiger partial charge in [-0.25, -0.2) is 0 Å². The summed E-state index contributed by atoms with van der Waals surface area (Å²) >= 11 is 0. The summed E-state index contributed by atoms with van der Waals surface area (Å²) in [7, 11) is 0. The number of rotatable bonds is 9. The summed E-state index contributed by atoms with van der Waals surface area (Å²) in [6.45, 7) is 0. The zero-order valence-electron chi connectivity index (χ0n) is 39.4. The van der Waals surface area contributed by atoms with E-state index in [-0.39, 0.29) is 0 Å². The van der Waals surface area contributed by atoms with Crippen LogP contribution >= 0.6 is 0 Å². The van der Waals surface area contributed by atoms with Crippen molar-refractivity contribution < 1.29 is 0 Å². The van der Waals surface area contributed by atoms with E-state index in [2.05, 4.69) is 246 Å². The molecule has 2 heteroatoms. The molecule has 0 aliphatic heterocycles. The maximum absolute atomic E-state index is 2.48. The highest BCUT2D eigenvalue weighted by Gasteiger charge is 2.51. The lowest BCUT2D eigenvalue weighted by Gasteiger charge is -2.57. The van der Waals surface area contributed by atoms with Gasteiger partial charge in [0.2, 0.25) is 0 Å². The Balaban J connectivity index is 0.825. The highest BCUT2D eigenvalue weighted by Crippen LogP contribution is 2.61. The van der Waals surface area contributed by atoms with E-state index in [0.29, 0.717) is 5.41 Å². The maximum atomic E-state index is 2.48. The molecule has 4 aliphatic rings. The number of hydrogen-bond donors (Lipinski definition) is 0. The summed E-state index contributed by atoms with van der Waals surface area (Å²) in [4.78, 5) is 2.41. The highest BCUT2D eigenvalue weighted by molar-refractivity contribution is 6.09. The molecule has 4 bridgehead atoms. The normalized spacial score (nSPS) is 19.3. The lowest BCUT2D eigenvalue weighted by atomic mass is 9.48. The summed E-state index contributed by atoms with van der Waals surface area (Å²) in [5.41, 5.74) is 18.7. The van der Waals surface area contributed by atoms with E-state index >= 15 is 0 Å². The van der Waals surface area contributed by atoms with E-state index in [9.17, 15) is 0 Å². The van der Waals surface area contributed by atoms with E-state index < -0.39 is 0 Å². The smallest absolute Gasteiger partial charge is 0.0541 e. The van der Waals surface area contributed by atoms with Gasteiger partial charge in [-0.1, -0.05) is 176 Å². The van der Waals surface area contributed by atoms with Gasteiger partial charge in [0.15, 0.2) is 0 Å². The molecule has 0 radical (unpaired) electrons. The van der Waals surface area contributed by atoms with Crippen LogP contribution in [0.1, 0.15) is 44.1 Å². The second-order valence-electron chi connectivity index (χ2n) is 20.7. The Labute approximate surface area is 411 Å². The van der Waals surface area contributed by atoms with Crippen molar-refractivity contribution in [3.8, 4) is 50.2 Å². The van der Waals surface area contributed by atoms with Gasteiger partial charge in [0.05, 0.1) is 11.0 Å². The third-order valence-corrected chi connectivity index (χ3v) is 16.6. The molecule has 10 aromatic carbocycles. The first-order valence-corrected chi connectivity index (χ1v) is 25.5. The van der Waals surface area contributed by atoms with Crippen LogP contribution in [0.3, 0.4) is 0 Å². The van der Waals surface area contributed by atoms with Crippen LogP contribution in [-0.2, 0) is 5.41 Å². The Bertz CT molecular complexity index is 3620. The molecular weight excluding hydrogens is 845 g/mol. The molecule has 1 aromatic heterocycles. The molecule has 0 amide bonds. The first-order chi connectivity index (χ1) is 34.6. The number of aromatic nitrogens is 1. The van der Waals surface area contributed by atoms with Crippen LogP contribution in [0.2, 0.25) is 0 Å². The molecule has 70 heavy (non-hydrogen) atoms. The van der Waals surface area contributed by atoms with Crippen molar-refractivity contribution in [1.82, 2.24) is 4.57 Å². The Morgan fingerprint density at radius 3 is 1.40 bits per heavy atom. The van der Waals surface area contributed by atoms with E-state index in [1.165, 1.54) is 116 Å². The minimum atomic E-state index is 0.411. The van der Waals surface area contributed by atoms with Gasteiger partial charge in [-0.05, 0) is 183 Å². The van der Waals surface area contributed by atoms with Crippen LogP contribution in [0.25, 0.3) is 82.8 Å². The molecule has 0 unspecified atom stereocenters. The van der Waals surface area contributed by atoms with Crippen LogP contribution in [0, 0.1) is 17.8 Å². The summed E-state index contributed by atoms with van der Waals surface area (Å²) in [6, 6.07) is 87.8. The summed E-state index contributed by atoms with van der Waals surface area (Å²) in [5, 5.41) is 5.07. The molecule has 4 saturated carbocycles.